The molecule has 2 amide bonds. The topological polar surface area (TPSA) is 84.4 Å². The minimum absolute atomic E-state index is 0.248. The van der Waals surface area contributed by atoms with Crippen LogP contribution in [0.5, 0.6) is 0 Å². The Kier molecular flexibility index (Phi) is 7.77. The van der Waals surface area contributed by atoms with Crippen molar-refractivity contribution in [3.63, 3.8) is 0 Å². The lowest BCUT2D eigenvalue weighted by atomic mass is 10.00. The molecule has 7 nitrogen and oxygen atoms in total. The molecule has 2 aromatic carbocycles. The zero-order valence-corrected chi connectivity index (χ0v) is 19.7. The predicted molar refractivity (Wildman–Crippen MR) is 129 cm³/mol. The van der Waals surface area contributed by atoms with E-state index in [0.29, 0.717) is 23.5 Å². The van der Waals surface area contributed by atoms with Crippen LogP contribution in [-0.2, 0) is 4.74 Å². The molecule has 0 bridgehead atoms. The van der Waals surface area contributed by atoms with Crippen LogP contribution in [-0.4, -0.2) is 34.6 Å². The molecule has 0 aliphatic carbocycles. The van der Waals surface area contributed by atoms with E-state index in [1.165, 1.54) is 4.90 Å². The maximum atomic E-state index is 13.2. The Bertz CT molecular complexity index is 1100. The first-order valence-corrected chi connectivity index (χ1v) is 11.1. The van der Waals surface area contributed by atoms with Crippen molar-refractivity contribution in [3.05, 3.63) is 77.9 Å². The average molecular weight is 447 g/mol. The predicted octanol–water partition coefficient (Wildman–Crippen LogP) is 5.31. The Morgan fingerprint density at radius 2 is 1.76 bits per heavy atom. The Labute approximate surface area is 194 Å². The smallest absolute Gasteiger partial charge is 0.414 e. The van der Waals surface area contributed by atoms with Crippen LogP contribution < -0.4 is 10.2 Å². The number of hydrogen-bond donors (Lipinski definition) is 1. The van der Waals surface area contributed by atoms with Crippen molar-refractivity contribution in [2.24, 2.45) is 0 Å². The van der Waals surface area contributed by atoms with Crippen molar-refractivity contribution in [2.75, 3.05) is 11.4 Å². The van der Waals surface area contributed by atoms with E-state index in [2.05, 4.69) is 15.3 Å². The quantitative estimate of drug-likeness (QED) is 0.531. The van der Waals surface area contributed by atoms with Gasteiger partial charge in [0.05, 0.1) is 24.0 Å². The second kappa shape index (κ2) is 10.7. The molecule has 1 N–H and O–H groups in total. The van der Waals surface area contributed by atoms with Gasteiger partial charge in [0, 0.05) is 30.2 Å². The summed E-state index contributed by atoms with van der Waals surface area (Å²) in [6.07, 6.45) is 4.11. The highest BCUT2D eigenvalue weighted by molar-refractivity contribution is 5.98. The molecule has 0 saturated carbocycles. The van der Waals surface area contributed by atoms with Crippen LogP contribution in [0, 0.1) is 6.92 Å². The van der Waals surface area contributed by atoms with Gasteiger partial charge in [-0.15, -0.1) is 0 Å². The second-order valence-corrected chi connectivity index (χ2v) is 8.14. The van der Waals surface area contributed by atoms with Crippen LogP contribution in [0.3, 0.4) is 0 Å². The van der Waals surface area contributed by atoms with Crippen molar-refractivity contribution in [2.45, 2.75) is 46.8 Å². The summed E-state index contributed by atoms with van der Waals surface area (Å²) < 4.78 is 5.41. The van der Waals surface area contributed by atoms with Crippen molar-refractivity contribution in [3.8, 4) is 11.1 Å². The van der Waals surface area contributed by atoms with E-state index in [-0.39, 0.29) is 18.1 Å². The van der Waals surface area contributed by atoms with Gasteiger partial charge in [0.1, 0.15) is 0 Å². The van der Waals surface area contributed by atoms with E-state index in [1.54, 1.807) is 38.5 Å². The first-order valence-electron chi connectivity index (χ1n) is 11.1. The maximum Gasteiger partial charge on any atom is 0.414 e. The third-order valence-corrected chi connectivity index (χ3v) is 5.12. The summed E-state index contributed by atoms with van der Waals surface area (Å²) in [5.74, 6) is -0.267. The number of benzene rings is 2. The summed E-state index contributed by atoms with van der Waals surface area (Å²) in [5, 5.41) is 2.97. The highest BCUT2D eigenvalue weighted by Crippen LogP contribution is 2.28. The molecule has 0 aliphatic heterocycles. The molecule has 0 spiro atoms. The number of anilines is 1. The number of hydrogen-bond acceptors (Lipinski definition) is 5. The molecule has 0 saturated heterocycles. The Hall–Kier alpha value is -3.74. The number of amides is 2. The van der Waals surface area contributed by atoms with Gasteiger partial charge >= 0.3 is 6.09 Å². The molecule has 3 aromatic rings. The third kappa shape index (κ3) is 6.16. The van der Waals surface area contributed by atoms with Gasteiger partial charge in [-0.05, 0) is 63.9 Å². The third-order valence-electron chi connectivity index (χ3n) is 5.12. The zero-order valence-electron chi connectivity index (χ0n) is 19.7. The van der Waals surface area contributed by atoms with Crippen molar-refractivity contribution in [1.29, 1.82) is 0 Å². The van der Waals surface area contributed by atoms with Crippen LogP contribution in [0.25, 0.3) is 11.1 Å². The lowest BCUT2D eigenvalue weighted by Crippen LogP contribution is -2.33. The molecular formula is C26H30N4O3. The monoisotopic (exact) mass is 446 g/mol. The Morgan fingerprint density at radius 1 is 1.03 bits per heavy atom. The summed E-state index contributed by atoms with van der Waals surface area (Å²) in [5.41, 5.74) is 4.62. The van der Waals surface area contributed by atoms with Gasteiger partial charge in [-0.2, -0.15) is 0 Å². The van der Waals surface area contributed by atoms with Crippen LogP contribution in [0.4, 0.5) is 10.5 Å². The molecule has 33 heavy (non-hydrogen) atoms. The lowest BCUT2D eigenvalue weighted by molar-refractivity contribution is 0.0938. The van der Waals surface area contributed by atoms with Crippen molar-refractivity contribution >= 4 is 17.7 Å². The summed E-state index contributed by atoms with van der Waals surface area (Å²) >= 11 is 0. The van der Waals surface area contributed by atoms with E-state index in [9.17, 15) is 9.59 Å². The molecule has 7 heteroatoms. The fourth-order valence-corrected chi connectivity index (χ4v) is 3.38. The summed E-state index contributed by atoms with van der Waals surface area (Å²) in [7, 11) is 0. The molecule has 0 fully saturated rings. The average Bonchev–Trinajstić information content (AvgIpc) is 2.80. The number of rotatable bonds is 7. The molecule has 0 radical (unpaired) electrons. The standard InChI is InChI=1S/C26H30N4O3/c1-6-30(26(32)33-17(2)3)23-14-21(20-9-7-18(4)8-10-20)13-22(15-23)25(31)29-19(5)24-16-27-11-12-28-24/h7-17,19H,6H2,1-5H3,(H,29,31). The zero-order chi connectivity index (χ0) is 24.0. The molecular weight excluding hydrogens is 416 g/mol. The first-order chi connectivity index (χ1) is 15.8. The number of aryl methyl sites for hydroxylation is 1. The molecule has 1 heterocycles. The van der Waals surface area contributed by atoms with E-state index in [1.807, 2.05) is 57.2 Å². The molecule has 1 unspecified atom stereocenters. The number of ether oxygens (including phenoxy) is 1. The first kappa shape index (κ1) is 23.9. The van der Waals surface area contributed by atoms with Crippen LogP contribution in [0.2, 0.25) is 0 Å². The van der Waals surface area contributed by atoms with Gasteiger partial charge in [-0.25, -0.2) is 4.79 Å². The van der Waals surface area contributed by atoms with Gasteiger partial charge in [0.2, 0.25) is 0 Å². The molecule has 1 atom stereocenters. The highest BCUT2D eigenvalue weighted by atomic mass is 16.6. The largest absolute Gasteiger partial charge is 0.446 e. The van der Waals surface area contributed by atoms with Gasteiger partial charge in [-0.1, -0.05) is 29.8 Å². The molecule has 1 aromatic heterocycles. The van der Waals surface area contributed by atoms with Crippen LogP contribution in [0.15, 0.2) is 61.1 Å². The highest BCUT2D eigenvalue weighted by Gasteiger charge is 2.21. The van der Waals surface area contributed by atoms with Gasteiger partial charge in [0.15, 0.2) is 0 Å². The summed E-state index contributed by atoms with van der Waals surface area (Å²) in [6.45, 7) is 9.76. The molecule has 0 aliphatic rings. The van der Waals surface area contributed by atoms with E-state index in [4.69, 9.17) is 4.74 Å². The fraction of sp³-hybridized carbons (Fsp3) is 0.308. The minimum Gasteiger partial charge on any atom is -0.446 e. The van der Waals surface area contributed by atoms with Crippen molar-refractivity contribution in [1.82, 2.24) is 15.3 Å². The normalized spacial score (nSPS) is 11.7. The number of aromatic nitrogens is 2. The van der Waals surface area contributed by atoms with E-state index < -0.39 is 6.09 Å². The fourth-order valence-electron chi connectivity index (χ4n) is 3.38. The lowest BCUT2D eigenvalue weighted by Gasteiger charge is -2.23. The van der Waals surface area contributed by atoms with Crippen LogP contribution >= 0.6 is 0 Å². The van der Waals surface area contributed by atoms with E-state index in [0.717, 1.165) is 16.7 Å². The SMILES string of the molecule is CCN(C(=O)OC(C)C)c1cc(C(=O)NC(C)c2cnccn2)cc(-c2ccc(C)cc2)c1. The number of nitrogens with zero attached hydrogens (tertiary/aromatic N) is 3. The molecule has 3 rings (SSSR count). The second-order valence-electron chi connectivity index (χ2n) is 8.14. The van der Waals surface area contributed by atoms with Gasteiger partial charge < -0.3 is 10.1 Å². The van der Waals surface area contributed by atoms with Crippen molar-refractivity contribution < 1.29 is 14.3 Å². The molecule has 172 valence electrons. The maximum absolute atomic E-state index is 13.2. The number of carbonyl (C=O) groups excluding carboxylic acids is 2. The van der Waals surface area contributed by atoms with Gasteiger partial charge in [-0.3, -0.25) is 19.7 Å². The summed E-state index contributed by atoms with van der Waals surface area (Å²) in [6, 6.07) is 13.1. The number of nitrogens with one attached hydrogen (secondary N) is 1. The Balaban J connectivity index is 2.00. The number of carbonyl (C=O) groups is 2. The van der Waals surface area contributed by atoms with E-state index >= 15 is 0 Å². The minimum atomic E-state index is -0.451. The van der Waals surface area contributed by atoms with Crippen LogP contribution in [0.1, 0.15) is 55.4 Å². The Morgan fingerprint density at radius 3 is 2.36 bits per heavy atom. The van der Waals surface area contributed by atoms with Gasteiger partial charge in [0.25, 0.3) is 5.91 Å². The summed E-state index contributed by atoms with van der Waals surface area (Å²) in [4.78, 5) is 35.7.